The second-order valence-electron chi connectivity index (χ2n) is 4.63. The number of nitriles is 1. The minimum absolute atomic E-state index is 0.188. The number of carbonyl (C=O) groups is 1. The summed E-state index contributed by atoms with van der Waals surface area (Å²) in [5.74, 6) is -0.594. The van der Waals surface area contributed by atoms with Crippen LogP contribution in [0, 0.1) is 11.3 Å². The molecule has 0 heterocycles. The van der Waals surface area contributed by atoms with E-state index < -0.39 is 21.2 Å². The van der Waals surface area contributed by atoms with E-state index in [4.69, 9.17) is 5.26 Å². The van der Waals surface area contributed by atoms with Gasteiger partial charge in [0.1, 0.15) is 6.54 Å². The summed E-state index contributed by atoms with van der Waals surface area (Å²) in [6.07, 6.45) is 3.57. The van der Waals surface area contributed by atoms with Crippen LogP contribution < -0.4 is 0 Å². The number of nitrogens with zero attached hydrogens (tertiary/aromatic N) is 2. The summed E-state index contributed by atoms with van der Waals surface area (Å²) in [7, 11) is -2.55. The van der Waals surface area contributed by atoms with Crippen molar-refractivity contribution in [2.45, 2.75) is 50.3 Å². The van der Waals surface area contributed by atoms with E-state index in [1.807, 2.05) is 0 Å². The van der Waals surface area contributed by atoms with Gasteiger partial charge in [0, 0.05) is 6.04 Å². The third-order valence-electron chi connectivity index (χ3n) is 3.45. The SMILES string of the molecule is CCC(C#N)S(=O)(=O)N(CC(=O)OC)C1CCCC1. The van der Waals surface area contributed by atoms with Crippen molar-refractivity contribution in [1.29, 1.82) is 5.26 Å². The average molecular weight is 288 g/mol. The van der Waals surface area contributed by atoms with Crippen LogP contribution in [-0.2, 0) is 19.6 Å². The second kappa shape index (κ2) is 6.87. The Hall–Kier alpha value is -1.13. The lowest BCUT2D eigenvalue weighted by Gasteiger charge is -2.28. The van der Waals surface area contributed by atoms with E-state index in [0.717, 1.165) is 25.7 Å². The highest BCUT2D eigenvalue weighted by molar-refractivity contribution is 7.90. The van der Waals surface area contributed by atoms with Gasteiger partial charge in [0.05, 0.1) is 13.2 Å². The molecule has 1 saturated carbocycles. The Balaban J connectivity index is 3.01. The third kappa shape index (κ3) is 3.67. The van der Waals surface area contributed by atoms with Crippen LogP contribution in [-0.4, -0.2) is 43.6 Å². The van der Waals surface area contributed by atoms with E-state index in [1.165, 1.54) is 11.4 Å². The van der Waals surface area contributed by atoms with E-state index in [0.29, 0.717) is 0 Å². The largest absolute Gasteiger partial charge is 0.468 e. The molecular weight excluding hydrogens is 268 g/mol. The Bertz CT molecular complexity index is 449. The Labute approximate surface area is 114 Å². The highest BCUT2D eigenvalue weighted by Gasteiger charge is 2.38. The van der Waals surface area contributed by atoms with E-state index in [1.54, 1.807) is 13.0 Å². The maximum Gasteiger partial charge on any atom is 0.321 e. The Morgan fingerprint density at radius 1 is 1.47 bits per heavy atom. The number of hydrogen-bond acceptors (Lipinski definition) is 5. The maximum atomic E-state index is 12.4. The van der Waals surface area contributed by atoms with Gasteiger partial charge in [-0.2, -0.15) is 9.57 Å². The Kier molecular flexibility index (Phi) is 5.76. The summed E-state index contributed by atoms with van der Waals surface area (Å²) >= 11 is 0. The smallest absolute Gasteiger partial charge is 0.321 e. The first-order valence-corrected chi connectivity index (χ1v) is 7.94. The summed E-state index contributed by atoms with van der Waals surface area (Å²) in [5, 5.41) is 7.87. The predicted molar refractivity (Wildman–Crippen MR) is 69.6 cm³/mol. The fourth-order valence-electron chi connectivity index (χ4n) is 2.34. The molecule has 1 rings (SSSR count). The van der Waals surface area contributed by atoms with Gasteiger partial charge in [-0.15, -0.1) is 0 Å². The van der Waals surface area contributed by atoms with Crippen molar-refractivity contribution < 1.29 is 17.9 Å². The molecule has 0 saturated heterocycles. The molecule has 0 amide bonds. The molecule has 1 fully saturated rings. The molecule has 0 aromatic rings. The van der Waals surface area contributed by atoms with Crippen molar-refractivity contribution in [1.82, 2.24) is 4.31 Å². The fourth-order valence-corrected chi connectivity index (χ4v) is 4.14. The van der Waals surface area contributed by atoms with Crippen LogP contribution in [0.15, 0.2) is 0 Å². The van der Waals surface area contributed by atoms with E-state index >= 15 is 0 Å². The van der Waals surface area contributed by atoms with Crippen LogP contribution >= 0.6 is 0 Å². The quantitative estimate of drug-likeness (QED) is 0.681. The second-order valence-corrected chi connectivity index (χ2v) is 6.70. The molecule has 0 spiro atoms. The number of methoxy groups -OCH3 is 1. The zero-order chi connectivity index (χ0) is 14.5. The molecule has 1 aliphatic carbocycles. The van der Waals surface area contributed by atoms with Crippen LogP contribution in [0.4, 0.5) is 0 Å². The van der Waals surface area contributed by atoms with Gasteiger partial charge < -0.3 is 4.74 Å². The van der Waals surface area contributed by atoms with Gasteiger partial charge in [-0.25, -0.2) is 8.42 Å². The van der Waals surface area contributed by atoms with Crippen molar-refractivity contribution >= 4 is 16.0 Å². The van der Waals surface area contributed by atoms with Crippen molar-refractivity contribution in [2.75, 3.05) is 13.7 Å². The van der Waals surface area contributed by atoms with E-state index in [2.05, 4.69) is 4.74 Å². The van der Waals surface area contributed by atoms with Gasteiger partial charge in [-0.1, -0.05) is 19.8 Å². The fraction of sp³-hybridized carbons (Fsp3) is 0.833. The zero-order valence-electron chi connectivity index (χ0n) is 11.3. The molecule has 0 aromatic carbocycles. The van der Waals surface area contributed by atoms with Crippen molar-refractivity contribution in [3.05, 3.63) is 0 Å². The van der Waals surface area contributed by atoms with Crippen LogP contribution in [0.2, 0.25) is 0 Å². The van der Waals surface area contributed by atoms with Gasteiger partial charge in [-0.05, 0) is 19.3 Å². The topological polar surface area (TPSA) is 87.5 Å². The van der Waals surface area contributed by atoms with Crippen LogP contribution in [0.25, 0.3) is 0 Å². The number of carbonyl (C=O) groups excluding carboxylic acids is 1. The number of rotatable bonds is 6. The molecule has 1 unspecified atom stereocenters. The molecule has 0 N–H and O–H groups in total. The van der Waals surface area contributed by atoms with Crippen LogP contribution in [0.5, 0.6) is 0 Å². The van der Waals surface area contributed by atoms with E-state index in [-0.39, 0.29) is 19.0 Å². The summed E-state index contributed by atoms with van der Waals surface area (Å²) in [6.45, 7) is 1.35. The highest BCUT2D eigenvalue weighted by Crippen LogP contribution is 2.27. The minimum Gasteiger partial charge on any atom is -0.468 e. The minimum atomic E-state index is -3.78. The van der Waals surface area contributed by atoms with Gasteiger partial charge in [0.2, 0.25) is 10.0 Å². The molecule has 6 nitrogen and oxygen atoms in total. The molecule has 0 bridgehead atoms. The number of sulfonamides is 1. The van der Waals surface area contributed by atoms with Gasteiger partial charge in [0.15, 0.2) is 5.25 Å². The normalized spacial score (nSPS) is 18.2. The molecule has 1 atom stereocenters. The predicted octanol–water partition coefficient (Wildman–Crippen LogP) is 1.04. The molecular formula is C12H20N2O4S. The van der Waals surface area contributed by atoms with Crippen molar-refractivity contribution in [3.8, 4) is 6.07 Å². The summed E-state index contributed by atoms with van der Waals surface area (Å²) in [4.78, 5) is 11.4. The maximum absolute atomic E-state index is 12.4. The van der Waals surface area contributed by atoms with Crippen LogP contribution in [0.3, 0.4) is 0 Å². The lowest BCUT2D eigenvalue weighted by atomic mass is 10.2. The Morgan fingerprint density at radius 3 is 2.47 bits per heavy atom. The van der Waals surface area contributed by atoms with Crippen molar-refractivity contribution in [2.24, 2.45) is 0 Å². The van der Waals surface area contributed by atoms with Gasteiger partial charge in [-0.3, -0.25) is 4.79 Å². The highest BCUT2D eigenvalue weighted by atomic mass is 32.2. The summed E-state index contributed by atoms with van der Waals surface area (Å²) in [6, 6.07) is 1.62. The van der Waals surface area contributed by atoms with Crippen molar-refractivity contribution in [3.63, 3.8) is 0 Å². The first-order chi connectivity index (χ1) is 8.97. The molecule has 0 radical (unpaired) electrons. The molecule has 108 valence electrons. The molecule has 7 heteroatoms. The third-order valence-corrected chi connectivity index (χ3v) is 5.68. The van der Waals surface area contributed by atoms with Gasteiger partial charge >= 0.3 is 5.97 Å². The molecule has 1 aliphatic rings. The number of hydrogen-bond donors (Lipinski definition) is 0. The summed E-state index contributed by atoms with van der Waals surface area (Å²) < 4.78 is 30.6. The lowest BCUT2D eigenvalue weighted by molar-refractivity contribution is -0.141. The first-order valence-electron chi connectivity index (χ1n) is 6.44. The Morgan fingerprint density at radius 2 is 2.05 bits per heavy atom. The summed E-state index contributed by atoms with van der Waals surface area (Å²) in [5.41, 5.74) is 0. The number of esters is 1. The van der Waals surface area contributed by atoms with E-state index in [9.17, 15) is 13.2 Å². The van der Waals surface area contributed by atoms with Crippen LogP contribution in [0.1, 0.15) is 39.0 Å². The zero-order valence-corrected chi connectivity index (χ0v) is 12.1. The lowest BCUT2D eigenvalue weighted by Crippen LogP contribution is -2.46. The standard InChI is InChI=1S/C12H20N2O4S/c1-3-11(8-13)19(16,17)14(9-12(15)18-2)10-6-4-5-7-10/h10-11H,3-7,9H2,1-2H3. The molecule has 0 aromatic heterocycles. The molecule has 19 heavy (non-hydrogen) atoms. The first kappa shape index (κ1) is 15.9. The monoisotopic (exact) mass is 288 g/mol. The number of ether oxygens (including phenoxy) is 1. The molecule has 0 aliphatic heterocycles. The average Bonchev–Trinajstić information content (AvgIpc) is 2.89. The van der Waals surface area contributed by atoms with Gasteiger partial charge in [0.25, 0.3) is 0 Å².